The van der Waals surface area contributed by atoms with Crippen molar-refractivity contribution in [3.63, 3.8) is 0 Å². The number of hydrogen-bond acceptors (Lipinski definition) is 2. The summed E-state index contributed by atoms with van der Waals surface area (Å²) in [7, 11) is 0. The molecule has 0 N–H and O–H groups in total. The predicted octanol–water partition coefficient (Wildman–Crippen LogP) is 5.39. The highest BCUT2D eigenvalue weighted by Crippen LogP contribution is 2.30. The Morgan fingerprint density at radius 2 is 2.04 bits per heavy atom. The zero-order valence-electron chi connectivity index (χ0n) is 13.0. The van der Waals surface area contributed by atoms with Gasteiger partial charge in [-0.25, -0.2) is 8.78 Å². The van der Waals surface area contributed by atoms with Crippen LogP contribution in [0.25, 0.3) is 10.9 Å². The van der Waals surface area contributed by atoms with E-state index >= 15 is 0 Å². The Morgan fingerprint density at radius 1 is 1.12 bits per heavy atom. The number of ether oxygens (including phenoxy) is 1. The van der Waals surface area contributed by atoms with Crippen LogP contribution in [0.1, 0.15) is 25.3 Å². The number of aromatic nitrogens is 2. The summed E-state index contributed by atoms with van der Waals surface area (Å²) in [5.74, 6) is -0.861. The van der Waals surface area contributed by atoms with E-state index in [4.69, 9.17) is 4.74 Å². The molecular formula is C19H16F2N2O. The molecule has 1 atom stereocenters. The molecule has 122 valence electrons. The second-order valence-electron chi connectivity index (χ2n) is 5.91. The normalized spacial score (nSPS) is 17.3. The van der Waals surface area contributed by atoms with Gasteiger partial charge in [-0.1, -0.05) is 12.2 Å². The first kappa shape index (κ1) is 14.9. The van der Waals surface area contributed by atoms with Crippen LogP contribution in [0.2, 0.25) is 0 Å². The molecule has 0 bridgehead atoms. The number of allylic oxidation sites excluding steroid dienone is 2. The van der Waals surface area contributed by atoms with E-state index in [1.807, 2.05) is 16.8 Å². The molecule has 1 heterocycles. The van der Waals surface area contributed by atoms with Crippen LogP contribution in [0, 0.1) is 11.6 Å². The van der Waals surface area contributed by atoms with Crippen LogP contribution in [0.3, 0.4) is 0 Å². The van der Waals surface area contributed by atoms with Gasteiger partial charge in [0.25, 0.3) is 0 Å². The molecule has 3 aromatic rings. The minimum Gasteiger partial charge on any atom is -0.454 e. The minimum atomic E-state index is -0.724. The van der Waals surface area contributed by atoms with Crippen molar-refractivity contribution in [1.29, 1.82) is 0 Å². The summed E-state index contributed by atoms with van der Waals surface area (Å²) in [6.07, 6.45) is 9.52. The monoisotopic (exact) mass is 326 g/mol. The van der Waals surface area contributed by atoms with Gasteiger partial charge in [-0.3, -0.25) is 4.68 Å². The van der Waals surface area contributed by atoms with Crippen molar-refractivity contribution in [1.82, 2.24) is 9.78 Å². The Hall–Kier alpha value is -2.69. The van der Waals surface area contributed by atoms with Gasteiger partial charge >= 0.3 is 0 Å². The van der Waals surface area contributed by atoms with Crippen LogP contribution in [0.5, 0.6) is 11.5 Å². The van der Waals surface area contributed by atoms with Crippen molar-refractivity contribution in [3.05, 3.63) is 66.4 Å². The largest absolute Gasteiger partial charge is 0.454 e. The molecule has 0 fully saturated rings. The maximum absolute atomic E-state index is 13.7. The number of rotatable bonds is 3. The minimum absolute atomic E-state index is 0.00152. The molecule has 0 saturated heterocycles. The molecule has 0 aliphatic heterocycles. The molecular weight excluding hydrogens is 310 g/mol. The van der Waals surface area contributed by atoms with Gasteiger partial charge in [0.05, 0.1) is 17.8 Å². The summed E-state index contributed by atoms with van der Waals surface area (Å²) >= 11 is 0. The van der Waals surface area contributed by atoms with E-state index in [1.165, 1.54) is 12.1 Å². The fraction of sp³-hybridized carbons (Fsp3) is 0.211. The van der Waals surface area contributed by atoms with E-state index in [0.29, 0.717) is 5.75 Å². The number of hydrogen-bond donors (Lipinski definition) is 0. The van der Waals surface area contributed by atoms with Crippen molar-refractivity contribution < 1.29 is 13.5 Å². The molecule has 0 amide bonds. The van der Waals surface area contributed by atoms with E-state index in [9.17, 15) is 8.78 Å². The molecule has 0 spiro atoms. The summed E-state index contributed by atoms with van der Waals surface area (Å²) in [6, 6.07) is 9.04. The molecule has 1 aromatic heterocycles. The quantitative estimate of drug-likeness (QED) is 0.604. The molecule has 1 unspecified atom stereocenters. The standard InChI is InChI=1S/C19H16F2N2O/c20-14-6-9-19(17(21)11-14)24-16-7-8-18-13(10-16)12-22-23(18)15-4-2-1-3-5-15/h2,4,6-12,15H,1,3,5H2. The van der Waals surface area contributed by atoms with E-state index < -0.39 is 11.6 Å². The van der Waals surface area contributed by atoms with Crippen LogP contribution in [0.4, 0.5) is 8.78 Å². The molecule has 1 aliphatic carbocycles. The first-order valence-corrected chi connectivity index (χ1v) is 7.97. The molecule has 3 nitrogen and oxygen atoms in total. The van der Waals surface area contributed by atoms with Crippen LogP contribution in [-0.4, -0.2) is 9.78 Å². The molecule has 4 rings (SSSR count). The third-order valence-corrected chi connectivity index (χ3v) is 4.23. The zero-order chi connectivity index (χ0) is 16.5. The van der Waals surface area contributed by atoms with Gasteiger partial charge in [0.2, 0.25) is 0 Å². The Kier molecular flexibility index (Phi) is 3.76. The van der Waals surface area contributed by atoms with Crippen LogP contribution in [-0.2, 0) is 0 Å². The fourth-order valence-electron chi connectivity index (χ4n) is 3.04. The Bertz CT molecular complexity index is 917. The number of benzene rings is 2. The van der Waals surface area contributed by atoms with Gasteiger partial charge in [0, 0.05) is 11.5 Å². The maximum Gasteiger partial charge on any atom is 0.168 e. The topological polar surface area (TPSA) is 27.1 Å². The predicted molar refractivity (Wildman–Crippen MR) is 88.2 cm³/mol. The van der Waals surface area contributed by atoms with E-state index in [-0.39, 0.29) is 11.8 Å². The average molecular weight is 326 g/mol. The van der Waals surface area contributed by atoms with Gasteiger partial charge in [-0.15, -0.1) is 0 Å². The van der Waals surface area contributed by atoms with Crippen molar-refractivity contribution in [2.24, 2.45) is 0 Å². The fourth-order valence-corrected chi connectivity index (χ4v) is 3.04. The summed E-state index contributed by atoms with van der Waals surface area (Å²) in [4.78, 5) is 0. The Balaban J connectivity index is 1.64. The summed E-state index contributed by atoms with van der Waals surface area (Å²) in [5.41, 5.74) is 1.01. The van der Waals surface area contributed by atoms with Crippen molar-refractivity contribution >= 4 is 10.9 Å². The third kappa shape index (κ3) is 2.77. The first-order chi connectivity index (χ1) is 11.7. The smallest absolute Gasteiger partial charge is 0.168 e. The number of halogens is 2. The van der Waals surface area contributed by atoms with Gasteiger partial charge in [0.1, 0.15) is 11.6 Å². The highest BCUT2D eigenvalue weighted by molar-refractivity contribution is 5.80. The van der Waals surface area contributed by atoms with E-state index in [0.717, 1.165) is 36.2 Å². The summed E-state index contributed by atoms with van der Waals surface area (Å²) in [5, 5.41) is 5.41. The molecule has 0 radical (unpaired) electrons. The molecule has 1 aliphatic rings. The Labute approximate surface area is 138 Å². The van der Waals surface area contributed by atoms with Crippen molar-refractivity contribution in [2.45, 2.75) is 25.3 Å². The molecule has 2 aromatic carbocycles. The lowest BCUT2D eigenvalue weighted by Crippen LogP contribution is -2.10. The van der Waals surface area contributed by atoms with E-state index in [2.05, 4.69) is 17.3 Å². The lowest BCUT2D eigenvalue weighted by Gasteiger charge is -2.17. The van der Waals surface area contributed by atoms with Gasteiger partial charge in [0.15, 0.2) is 11.6 Å². The first-order valence-electron chi connectivity index (χ1n) is 7.97. The van der Waals surface area contributed by atoms with Crippen LogP contribution < -0.4 is 4.74 Å². The lowest BCUT2D eigenvalue weighted by molar-refractivity contribution is 0.438. The van der Waals surface area contributed by atoms with Crippen molar-refractivity contribution in [2.75, 3.05) is 0 Å². The number of fused-ring (bicyclic) bond motifs is 1. The van der Waals surface area contributed by atoms with Gasteiger partial charge in [-0.2, -0.15) is 5.10 Å². The summed E-state index contributed by atoms with van der Waals surface area (Å²) < 4.78 is 34.2. The number of nitrogens with zero attached hydrogens (tertiary/aromatic N) is 2. The zero-order valence-corrected chi connectivity index (χ0v) is 13.0. The Morgan fingerprint density at radius 3 is 2.83 bits per heavy atom. The molecule has 5 heteroatoms. The van der Waals surface area contributed by atoms with E-state index in [1.54, 1.807) is 12.3 Å². The SMILES string of the molecule is Fc1ccc(Oc2ccc3c(cnn3C3C=CCCC3)c2)c(F)c1. The van der Waals surface area contributed by atoms with Gasteiger partial charge in [-0.05, 0) is 49.6 Å². The molecule has 0 saturated carbocycles. The average Bonchev–Trinajstić information content (AvgIpc) is 3.01. The third-order valence-electron chi connectivity index (χ3n) is 4.23. The molecule has 24 heavy (non-hydrogen) atoms. The second-order valence-corrected chi connectivity index (χ2v) is 5.91. The summed E-state index contributed by atoms with van der Waals surface area (Å²) in [6.45, 7) is 0. The highest BCUT2D eigenvalue weighted by atomic mass is 19.1. The van der Waals surface area contributed by atoms with Crippen LogP contribution >= 0.6 is 0 Å². The van der Waals surface area contributed by atoms with Crippen molar-refractivity contribution in [3.8, 4) is 11.5 Å². The highest BCUT2D eigenvalue weighted by Gasteiger charge is 2.15. The lowest BCUT2D eigenvalue weighted by atomic mass is 10.0. The van der Waals surface area contributed by atoms with Gasteiger partial charge < -0.3 is 4.74 Å². The maximum atomic E-state index is 13.7. The van der Waals surface area contributed by atoms with Crippen LogP contribution in [0.15, 0.2) is 54.7 Å². The second kappa shape index (κ2) is 6.07.